The lowest BCUT2D eigenvalue weighted by molar-refractivity contribution is 1.23. The summed E-state index contributed by atoms with van der Waals surface area (Å²) in [4.78, 5) is 14.2. The van der Waals surface area contributed by atoms with Gasteiger partial charge >= 0.3 is 0 Å². The van der Waals surface area contributed by atoms with Crippen LogP contribution in [0, 0.1) is 25.2 Å². The summed E-state index contributed by atoms with van der Waals surface area (Å²) in [5.41, 5.74) is 2.89. The Labute approximate surface area is 87.0 Å². The van der Waals surface area contributed by atoms with Crippen molar-refractivity contribution in [1.29, 1.82) is 5.26 Å². The molecule has 0 aliphatic carbocycles. The monoisotopic (exact) mass is 198 g/mol. The van der Waals surface area contributed by atoms with Gasteiger partial charge in [-0.1, -0.05) is 0 Å². The SMILES string of the molecule is Cc1cc2[nH]c(=O)c(C)cc2cc1C#N. The normalized spacial score (nSPS) is 10.2. The lowest BCUT2D eigenvalue weighted by Gasteiger charge is -2.02. The first-order chi connectivity index (χ1) is 7.11. The van der Waals surface area contributed by atoms with Crippen LogP contribution in [0.15, 0.2) is 23.0 Å². The van der Waals surface area contributed by atoms with Crippen molar-refractivity contribution in [2.24, 2.45) is 0 Å². The lowest BCUT2D eigenvalue weighted by Crippen LogP contribution is -2.08. The van der Waals surface area contributed by atoms with Crippen molar-refractivity contribution in [3.05, 3.63) is 45.2 Å². The summed E-state index contributed by atoms with van der Waals surface area (Å²) in [6.45, 7) is 3.61. The van der Waals surface area contributed by atoms with Gasteiger partial charge in [0, 0.05) is 11.1 Å². The molecular weight excluding hydrogens is 188 g/mol. The van der Waals surface area contributed by atoms with Crippen LogP contribution in [-0.2, 0) is 0 Å². The van der Waals surface area contributed by atoms with E-state index in [1.165, 1.54) is 0 Å². The van der Waals surface area contributed by atoms with Crippen LogP contribution >= 0.6 is 0 Å². The highest BCUT2D eigenvalue weighted by Crippen LogP contribution is 2.16. The van der Waals surface area contributed by atoms with Crippen LogP contribution in [0.2, 0.25) is 0 Å². The molecule has 0 radical (unpaired) electrons. The Hall–Kier alpha value is -2.08. The molecule has 0 saturated heterocycles. The van der Waals surface area contributed by atoms with Gasteiger partial charge in [-0.05, 0) is 43.0 Å². The van der Waals surface area contributed by atoms with Gasteiger partial charge in [-0.2, -0.15) is 5.26 Å². The van der Waals surface area contributed by atoms with Gasteiger partial charge in [0.15, 0.2) is 0 Å². The number of H-pyrrole nitrogens is 1. The third kappa shape index (κ3) is 1.50. The first-order valence-corrected chi connectivity index (χ1v) is 4.66. The third-order valence-electron chi connectivity index (χ3n) is 2.50. The maximum absolute atomic E-state index is 11.4. The van der Waals surface area contributed by atoms with Crippen molar-refractivity contribution in [3.63, 3.8) is 0 Å². The van der Waals surface area contributed by atoms with E-state index in [9.17, 15) is 4.79 Å². The topological polar surface area (TPSA) is 56.6 Å². The van der Waals surface area contributed by atoms with Gasteiger partial charge in [-0.25, -0.2) is 0 Å². The van der Waals surface area contributed by atoms with Crippen molar-refractivity contribution < 1.29 is 0 Å². The average molecular weight is 198 g/mol. The summed E-state index contributed by atoms with van der Waals surface area (Å²) in [5.74, 6) is 0. The van der Waals surface area contributed by atoms with Gasteiger partial charge < -0.3 is 4.98 Å². The molecule has 0 aliphatic heterocycles. The zero-order valence-electron chi connectivity index (χ0n) is 8.59. The Morgan fingerprint density at radius 2 is 1.93 bits per heavy atom. The molecule has 1 heterocycles. The minimum absolute atomic E-state index is 0.0772. The molecule has 2 aromatic rings. The molecule has 1 N–H and O–H groups in total. The zero-order valence-corrected chi connectivity index (χ0v) is 8.59. The summed E-state index contributed by atoms with van der Waals surface area (Å²) in [6.07, 6.45) is 0. The molecule has 0 aliphatic rings. The molecule has 74 valence electrons. The number of nitrogens with one attached hydrogen (secondary N) is 1. The van der Waals surface area contributed by atoms with Crippen molar-refractivity contribution in [1.82, 2.24) is 4.98 Å². The highest BCUT2D eigenvalue weighted by molar-refractivity contribution is 5.81. The van der Waals surface area contributed by atoms with E-state index in [1.807, 2.05) is 13.0 Å². The van der Waals surface area contributed by atoms with Gasteiger partial charge in [0.1, 0.15) is 0 Å². The Morgan fingerprint density at radius 1 is 1.20 bits per heavy atom. The van der Waals surface area contributed by atoms with E-state index in [0.29, 0.717) is 11.1 Å². The summed E-state index contributed by atoms with van der Waals surface area (Å²) in [6, 6.07) is 7.56. The summed E-state index contributed by atoms with van der Waals surface area (Å²) < 4.78 is 0. The van der Waals surface area contributed by atoms with Crippen molar-refractivity contribution in [3.8, 4) is 6.07 Å². The Bertz CT molecular complexity index is 632. The van der Waals surface area contributed by atoms with Gasteiger partial charge in [0.25, 0.3) is 5.56 Å². The van der Waals surface area contributed by atoms with Gasteiger partial charge in [0.2, 0.25) is 0 Å². The quantitative estimate of drug-likeness (QED) is 0.704. The third-order valence-corrected chi connectivity index (χ3v) is 2.50. The molecule has 3 heteroatoms. The van der Waals surface area contributed by atoms with E-state index in [-0.39, 0.29) is 5.56 Å². The maximum atomic E-state index is 11.4. The molecule has 0 unspecified atom stereocenters. The van der Waals surface area contributed by atoms with Crippen LogP contribution in [0.4, 0.5) is 0 Å². The number of benzene rings is 1. The Kier molecular flexibility index (Phi) is 2.05. The molecular formula is C12H10N2O. The average Bonchev–Trinajstić information content (AvgIpc) is 2.20. The molecule has 0 bridgehead atoms. The van der Waals surface area contributed by atoms with Crippen LogP contribution in [-0.4, -0.2) is 4.98 Å². The van der Waals surface area contributed by atoms with E-state index in [0.717, 1.165) is 16.5 Å². The van der Waals surface area contributed by atoms with E-state index < -0.39 is 0 Å². The molecule has 15 heavy (non-hydrogen) atoms. The fourth-order valence-electron chi connectivity index (χ4n) is 1.59. The van der Waals surface area contributed by atoms with Crippen LogP contribution in [0.3, 0.4) is 0 Å². The number of nitriles is 1. The summed E-state index contributed by atoms with van der Waals surface area (Å²) >= 11 is 0. The van der Waals surface area contributed by atoms with Gasteiger partial charge in [-0.3, -0.25) is 4.79 Å². The number of pyridine rings is 1. The second kappa shape index (κ2) is 3.25. The number of nitrogens with zero attached hydrogens (tertiary/aromatic N) is 1. The molecule has 0 atom stereocenters. The molecule has 0 saturated carbocycles. The standard InChI is InChI=1S/C12H10N2O/c1-7-4-11-9(5-10(7)6-13)3-8(2)12(15)14-11/h3-5H,1-2H3,(H,14,15). The minimum atomic E-state index is -0.0772. The number of aryl methyl sites for hydroxylation is 2. The number of hydrogen-bond donors (Lipinski definition) is 1. The number of hydrogen-bond acceptors (Lipinski definition) is 2. The lowest BCUT2D eigenvalue weighted by atomic mass is 10.1. The van der Waals surface area contributed by atoms with E-state index in [2.05, 4.69) is 11.1 Å². The highest BCUT2D eigenvalue weighted by atomic mass is 16.1. The van der Waals surface area contributed by atoms with E-state index >= 15 is 0 Å². The predicted octanol–water partition coefficient (Wildman–Crippen LogP) is 2.02. The first-order valence-electron chi connectivity index (χ1n) is 4.66. The van der Waals surface area contributed by atoms with Crippen molar-refractivity contribution in [2.45, 2.75) is 13.8 Å². The molecule has 2 rings (SSSR count). The first kappa shape index (κ1) is 9.47. The molecule has 1 aromatic heterocycles. The van der Waals surface area contributed by atoms with Crippen molar-refractivity contribution in [2.75, 3.05) is 0 Å². The summed E-state index contributed by atoms with van der Waals surface area (Å²) in [7, 11) is 0. The fraction of sp³-hybridized carbons (Fsp3) is 0.167. The van der Waals surface area contributed by atoms with E-state index in [1.54, 1.807) is 19.1 Å². The van der Waals surface area contributed by atoms with Gasteiger partial charge in [0.05, 0.1) is 11.6 Å². The number of aromatic nitrogens is 1. The highest BCUT2D eigenvalue weighted by Gasteiger charge is 2.03. The molecule has 3 nitrogen and oxygen atoms in total. The fourth-order valence-corrected chi connectivity index (χ4v) is 1.59. The van der Waals surface area contributed by atoms with Gasteiger partial charge in [-0.15, -0.1) is 0 Å². The summed E-state index contributed by atoms with van der Waals surface area (Å²) in [5, 5.41) is 9.78. The number of fused-ring (bicyclic) bond motifs is 1. The molecule has 0 fully saturated rings. The maximum Gasteiger partial charge on any atom is 0.251 e. The van der Waals surface area contributed by atoms with Crippen LogP contribution in [0.25, 0.3) is 10.9 Å². The predicted molar refractivity (Wildman–Crippen MR) is 58.8 cm³/mol. The minimum Gasteiger partial charge on any atom is -0.322 e. The largest absolute Gasteiger partial charge is 0.322 e. The number of rotatable bonds is 0. The zero-order chi connectivity index (χ0) is 11.0. The van der Waals surface area contributed by atoms with Crippen LogP contribution in [0.5, 0.6) is 0 Å². The molecule has 1 aromatic carbocycles. The van der Waals surface area contributed by atoms with Crippen molar-refractivity contribution >= 4 is 10.9 Å². The molecule has 0 spiro atoms. The van der Waals surface area contributed by atoms with E-state index in [4.69, 9.17) is 5.26 Å². The smallest absolute Gasteiger partial charge is 0.251 e. The second-order valence-corrected chi connectivity index (χ2v) is 3.65. The number of aromatic amines is 1. The van der Waals surface area contributed by atoms with Crippen LogP contribution < -0.4 is 5.56 Å². The molecule has 0 amide bonds. The van der Waals surface area contributed by atoms with Crippen LogP contribution in [0.1, 0.15) is 16.7 Å². The Morgan fingerprint density at radius 3 is 2.60 bits per heavy atom. The Balaban J connectivity index is 2.90. The second-order valence-electron chi connectivity index (χ2n) is 3.65.